The third-order valence-corrected chi connectivity index (χ3v) is 6.31. The van der Waals surface area contributed by atoms with E-state index in [4.69, 9.17) is 0 Å². The van der Waals surface area contributed by atoms with E-state index in [0.29, 0.717) is 5.39 Å². The van der Waals surface area contributed by atoms with Crippen LogP contribution in [-0.2, 0) is 19.6 Å². The molecular weight excluding hydrogens is 420 g/mol. The fourth-order valence-corrected chi connectivity index (χ4v) is 4.71. The van der Waals surface area contributed by atoms with E-state index in [1.165, 1.54) is 11.1 Å². The molecule has 0 bridgehead atoms. The maximum Gasteiger partial charge on any atom is 0.193 e. The van der Waals surface area contributed by atoms with Gasteiger partial charge in [0.15, 0.2) is 5.43 Å². The van der Waals surface area contributed by atoms with E-state index in [1.54, 1.807) is 12.3 Å². The highest BCUT2D eigenvalue weighted by atomic mass is 16.1. The maximum absolute atomic E-state index is 13.1. The summed E-state index contributed by atoms with van der Waals surface area (Å²) in [4.78, 5) is 20.1. The van der Waals surface area contributed by atoms with Crippen molar-refractivity contribution in [3.63, 3.8) is 0 Å². The lowest BCUT2D eigenvalue weighted by Gasteiger charge is -2.20. The molecule has 0 unspecified atom stereocenters. The second kappa shape index (κ2) is 8.61. The van der Waals surface area contributed by atoms with Crippen molar-refractivity contribution in [3.05, 3.63) is 130 Å². The van der Waals surface area contributed by atoms with Gasteiger partial charge in [-0.2, -0.15) is 0 Å². The van der Waals surface area contributed by atoms with Gasteiger partial charge in [0.2, 0.25) is 0 Å². The van der Waals surface area contributed by atoms with Gasteiger partial charge in [0.05, 0.1) is 16.6 Å². The summed E-state index contributed by atoms with van der Waals surface area (Å²) in [6, 6.07) is 32.3. The standard InChI is InChI=1S/C29H24N4O/c34-28-16-29(31-23-11-3-1-4-12-23)33(25-13-5-2-6-14-25)27-15-24(30-17-26(27)28)20-32-18-21-9-7-8-10-22(21)19-32/h1-17,31H,18-20H2. The van der Waals surface area contributed by atoms with Crippen LogP contribution < -0.4 is 10.7 Å². The minimum atomic E-state index is -0.0479. The summed E-state index contributed by atoms with van der Waals surface area (Å²) in [5.74, 6) is 0.723. The van der Waals surface area contributed by atoms with E-state index in [1.807, 2.05) is 48.5 Å². The quantitative estimate of drug-likeness (QED) is 0.381. The number of fused-ring (bicyclic) bond motifs is 2. The number of hydrogen-bond donors (Lipinski definition) is 1. The number of anilines is 2. The normalized spacial score (nSPS) is 13.2. The van der Waals surface area contributed by atoms with Crippen LogP contribution in [-0.4, -0.2) is 14.5 Å². The first-order valence-electron chi connectivity index (χ1n) is 11.5. The summed E-state index contributed by atoms with van der Waals surface area (Å²) in [5.41, 5.74) is 6.40. The summed E-state index contributed by atoms with van der Waals surface area (Å²) in [7, 11) is 0. The Balaban J connectivity index is 1.45. The molecular formula is C29H24N4O. The molecule has 0 radical (unpaired) electrons. The summed E-state index contributed by atoms with van der Waals surface area (Å²) >= 11 is 0. The number of pyridine rings is 2. The lowest BCUT2D eigenvalue weighted by atomic mass is 10.1. The number of rotatable bonds is 5. The van der Waals surface area contributed by atoms with Crippen LogP contribution in [0.5, 0.6) is 0 Å². The molecule has 1 aliphatic heterocycles. The molecule has 0 fully saturated rings. The van der Waals surface area contributed by atoms with Crippen molar-refractivity contribution in [2.75, 3.05) is 5.32 Å². The SMILES string of the molecule is O=c1cc(Nc2ccccc2)n(-c2ccccc2)c2cc(CN3Cc4ccccc4C3)ncc12. The zero-order valence-electron chi connectivity index (χ0n) is 18.7. The van der Waals surface area contributed by atoms with Crippen molar-refractivity contribution in [2.24, 2.45) is 0 Å². The van der Waals surface area contributed by atoms with Gasteiger partial charge >= 0.3 is 0 Å². The average molecular weight is 445 g/mol. The average Bonchev–Trinajstić information content (AvgIpc) is 3.27. The summed E-state index contributed by atoms with van der Waals surface area (Å²) in [6.45, 7) is 2.55. The predicted octanol–water partition coefficient (Wildman–Crippen LogP) is 5.65. The number of hydrogen-bond acceptors (Lipinski definition) is 4. The van der Waals surface area contributed by atoms with Gasteiger partial charge in [-0.25, -0.2) is 0 Å². The van der Waals surface area contributed by atoms with E-state index in [9.17, 15) is 4.79 Å². The highest BCUT2D eigenvalue weighted by Gasteiger charge is 2.19. The Labute approximate surface area is 197 Å². The molecule has 1 N–H and O–H groups in total. The minimum Gasteiger partial charge on any atom is -0.341 e. The number of benzene rings is 3. The first-order chi connectivity index (χ1) is 16.7. The van der Waals surface area contributed by atoms with Gasteiger partial charge in [-0.3, -0.25) is 19.2 Å². The van der Waals surface area contributed by atoms with Gasteiger partial charge in [-0.15, -0.1) is 0 Å². The molecule has 0 saturated heterocycles. The molecule has 0 saturated carbocycles. The molecule has 6 rings (SSSR count). The Hall–Kier alpha value is -4.22. The molecule has 0 aliphatic carbocycles. The fourth-order valence-electron chi connectivity index (χ4n) is 4.71. The van der Waals surface area contributed by atoms with E-state index in [2.05, 4.69) is 62.2 Å². The van der Waals surface area contributed by atoms with Crippen molar-refractivity contribution < 1.29 is 0 Å². The molecule has 34 heavy (non-hydrogen) atoms. The number of para-hydroxylation sites is 2. The molecule has 0 spiro atoms. The van der Waals surface area contributed by atoms with E-state index in [-0.39, 0.29) is 5.43 Å². The molecule has 3 heterocycles. The third kappa shape index (κ3) is 3.87. The summed E-state index contributed by atoms with van der Waals surface area (Å²) < 4.78 is 2.10. The molecule has 5 aromatic rings. The third-order valence-electron chi connectivity index (χ3n) is 6.31. The molecule has 166 valence electrons. The Morgan fingerprint density at radius 3 is 2.15 bits per heavy atom. The highest BCUT2D eigenvalue weighted by molar-refractivity contribution is 5.83. The number of aromatic nitrogens is 2. The van der Waals surface area contributed by atoms with Crippen molar-refractivity contribution in [1.29, 1.82) is 0 Å². The second-order valence-corrected chi connectivity index (χ2v) is 8.66. The predicted molar refractivity (Wildman–Crippen MR) is 136 cm³/mol. The van der Waals surface area contributed by atoms with Crippen LogP contribution in [0.4, 0.5) is 11.5 Å². The lowest BCUT2D eigenvalue weighted by molar-refractivity contribution is 0.272. The van der Waals surface area contributed by atoms with Crippen molar-refractivity contribution in [1.82, 2.24) is 14.5 Å². The number of nitrogens with zero attached hydrogens (tertiary/aromatic N) is 3. The van der Waals surface area contributed by atoms with Crippen LogP contribution >= 0.6 is 0 Å². The molecule has 5 heteroatoms. The van der Waals surface area contributed by atoms with Crippen LogP contribution in [0.1, 0.15) is 16.8 Å². The minimum absolute atomic E-state index is 0.0479. The highest BCUT2D eigenvalue weighted by Crippen LogP contribution is 2.27. The first kappa shape index (κ1) is 20.4. The molecule has 5 nitrogen and oxygen atoms in total. The molecule has 3 aromatic carbocycles. The Bertz CT molecular complexity index is 1500. The topological polar surface area (TPSA) is 50.2 Å². The van der Waals surface area contributed by atoms with Gasteiger partial charge < -0.3 is 5.32 Å². The zero-order chi connectivity index (χ0) is 22.9. The molecule has 0 amide bonds. The van der Waals surface area contributed by atoms with Crippen LogP contribution in [0.15, 0.2) is 108 Å². The fraction of sp³-hybridized carbons (Fsp3) is 0.103. The zero-order valence-corrected chi connectivity index (χ0v) is 18.7. The van der Waals surface area contributed by atoms with Crippen LogP contribution in [0.25, 0.3) is 16.6 Å². The van der Waals surface area contributed by atoms with Gasteiger partial charge in [-0.05, 0) is 41.5 Å². The molecule has 0 atom stereocenters. The maximum atomic E-state index is 13.1. The summed E-state index contributed by atoms with van der Waals surface area (Å²) in [5, 5.41) is 4.05. The number of nitrogens with one attached hydrogen (secondary N) is 1. The molecule has 2 aromatic heterocycles. The van der Waals surface area contributed by atoms with E-state index < -0.39 is 0 Å². The Morgan fingerprint density at radius 2 is 1.44 bits per heavy atom. The van der Waals surface area contributed by atoms with E-state index in [0.717, 1.165) is 48.0 Å². The first-order valence-corrected chi connectivity index (χ1v) is 11.5. The van der Waals surface area contributed by atoms with Crippen LogP contribution in [0.2, 0.25) is 0 Å². The Kier molecular flexibility index (Phi) is 5.17. The van der Waals surface area contributed by atoms with E-state index >= 15 is 0 Å². The smallest absolute Gasteiger partial charge is 0.193 e. The van der Waals surface area contributed by atoms with Crippen LogP contribution in [0, 0.1) is 0 Å². The monoisotopic (exact) mass is 444 g/mol. The van der Waals surface area contributed by atoms with Crippen molar-refractivity contribution in [2.45, 2.75) is 19.6 Å². The molecule has 1 aliphatic rings. The van der Waals surface area contributed by atoms with Gasteiger partial charge in [0.25, 0.3) is 0 Å². The van der Waals surface area contributed by atoms with Gasteiger partial charge in [0, 0.05) is 43.3 Å². The van der Waals surface area contributed by atoms with Crippen molar-refractivity contribution in [3.8, 4) is 5.69 Å². The Morgan fingerprint density at radius 1 is 0.794 bits per heavy atom. The van der Waals surface area contributed by atoms with Gasteiger partial charge in [-0.1, -0.05) is 60.7 Å². The lowest BCUT2D eigenvalue weighted by Crippen LogP contribution is -2.18. The van der Waals surface area contributed by atoms with Crippen LogP contribution in [0.3, 0.4) is 0 Å². The van der Waals surface area contributed by atoms with Gasteiger partial charge in [0.1, 0.15) is 5.82 Å². The summed E-state index contributed by atoms with van der Waals surface area (Å²) in [6.07, 6.45) is 1.72. The second-order valence-electron chi connectivity index (χ2n) is 8.66. The largest absolute Gasteiger partial charge is 0.341 e. The van der Waals surface area contributed by atoms with Crippen molar-refractivity contribution >= 4 is 22.4 Å².